The fraction of sp³-hybridized carbons (Fsp3) is 0.0714. The van der Waals surface area contributed by atoms with Gasteiger partial charge in [0.1, 0.15) is 11.5 Å². The highest BCUT2D eigenvalue weighted by Crippen LogP contribution is 2.23. The van der Waals surface area contributed by atoms with Crippen LogP contribution in [0.1, 0.15) is 0 Å². The molecular weight excluding hydrogens is 298 g/mol. The van der Waals surface area contributed by atoms with Crippen LogP contribution >= 0.6 is 11.6 Å². The van der Waals surface area contributed by atoms with Gasteiger partial charge in [0.05, 0.1) is 16.0 Å². The fourth-order valence-electron chi connectivity index (χ4n) is 1.52. The first-order valence-electron chi connectivity index (χ1n) is 5.89. The van der Waals surface area contributed by atoms with Crippen molar-refractivity contribution in [2.75, 3.05) is 6.61 Å². The Morgan fingerprint density at radius 1 is 1.19 bits per heavy atom. The van der Waals surface area contributed by atoms with Crippen molar-refractivity contribution >= 4 is 23.3 Å². The Bertz CT molecular complexity index is 674. The van der Waals surface area contributed by atoms with Crippen LogP contribution in [0.2, 0.25) is 5.02 Å². The summed E-state index contributed by atoms with van der Waals surface area (Å²) in [5, 5.41) is 11.0. The molecule has 0 aliphatic carbocycles. The van der Waals surface area contributed by atoms with Crippen molar-refractivity contribution in [1.82, 2.24) is 0 Å². The van der Waals surface area contributed by atoms with Gasteiger partial charge >= 0.3 is 5.97 Å². The van der Waals surface area contributed by atoms with Crippen LogP contribution in [0.15, 0.2) is 48.5 Å². The van der Waals surface area contributed by atoms with Crippen molar-refractivity contribution in [3.05, 3.63) is 63.7 Å². The van der Waals surface area contributed by atoms with Gasteiger partial charge in [-0.15, -0.1) is 0 Å². The summed E-state index contributed by atoms with van der Waals surface area (Å²) in [4.78, 5) is 21.7. The van der Waals surface area contributed by atoms with Crippen LogP contribution in [0.3, 0.4) is 0 Å². The number of para-hydroxylation sites is 1. The molecule has 2 rings (SSSR count). The maximum atomic E-state index is 11.6. The van der Waals surface area contributed by atoms with Crippen molar-refractivity contribution in [1.29, 1.82) is 0 Å². The Morgan fingerprint density at radius 3 is 2.67 bits per heavy atom. The maximum Gasteiger partial charge on any atom is 0.349 e. The molecule has 0 saturated heterocycles. The van der Waals surface area contributed by atoms with E-state index < -0.39 is 10.9 Å². The predicted octanol–water partition coefficient (Wildman–Crippen LogP) is 3.23. The van der Waals surface area contributed by atoms with Gasteiger partial charge in [0, 0.05) is 6.07 Å². The van der Waals surface area contributed by atoms with Gasteiger partial charge in [-0.25, -0.2) is 4.79 Å². The second-order valence-electron chi connectivity index (χ2n) is 3.95. The molecule has 0 aliphatic heterocycles. The van der Waals surface area contributed by atoms with E-state index in [4.69, 9.17) is 21.1 Å². The van der Waals surface area contributed by atoms with E-state index in [2.05, 4.69) is 0 Å². The molecule has 0 N–H and O–H groups in total. The molecule has 6 nitrogen and oxygen atoms in total. The lowest BCUT2D eigenvalue weighted by molar-refractivity contribution is -0.384. The monoisotopic (exact) mass is 307 g/mol. The van der Waals surface area contributed by atoms with E-state index >= 15 is 0 Å². The van der Waals surface area contributed by atoms with Gasteiger partial charge in [-0.2, -0.15) is 0 Å². The van der Waals surface area contributed by atoms with Crippen LogP contribution in [0.4, 0.5) is 5.69 Å². The number of hydrogen-bond donors (Lipinski definition) is 0. The number of rotatable bonds is 5. The molecule has 0 aromatic heterocycles. The lowest BCUT2D eigenvalue weighted by Gasteiger charge is -2.07. The van der Waals surface area contributed by atoms with Gasteiger partial charge in [0.2, 0.25) is 0 Å². The summed E-state index contributed by atoms with van der Waals surface area (Å²) in [6, 6.07) is 12.0. The summed E-state index contributed by atoms with van der Waals surface area (Å²) in [6.45, 7) is -0.355. The van der Waals surface area contributed by atoms with Gasteiger partial charge < -0.3 is 9.47 Å². The van der Waals surface area contributed by atoms with Crippen molar-refractivity contribution in [2.45, 2.75) is 0 Å². The van der Waals surface area contributed by atoms with Crippen molar-refractivity contribution < 1.29 is 19.2 Å². The second-order valence-corrected chi connectivity index (χ2v) is 4.35. The van der Waals surface area contributed by atoms with E-state index in [1.165, 1.54) is 18.2 Å². The summed E-state index contributed by atoms with van der Waals surface area (Å²) in [5.41, 5.74) is -0.160. The number of carbonyl (C=O) groups excluding carboxylic acids is 1. The van der Waals surface area contributed by atoms with Crippen LogP contribution < -0.4 is 9.47 Å². The zero-order valence-corrected chi connectivity index (χ0v) is 11.4. The third kappa shape index (κ3) is 4.19. The third-order valence-corrected chi connectivity index (χ3v) is 2.75. The van der Waals surface area contributed by atoms with Crippen LogP contribution in [-0.4, -0.2) is 17.5 Å². The number of non-ortho nitro benzene ring substituents is 1. The number of nitro groups is 1. The van der Waals surface area contributed by atoms with Gasteiger partial charge in [-0.3, -0.25) is 10.1 Å². The molecule has 0 fully saturated rings. The molecule has 0 spiro atoms. The SMILES string of the molecule is O=C(COc1ccccc1Cl)Oc1cccc([N+](=O)[O-])c1. The standard InChI is InChI=1S/C14H10ClNO5/c15-12-6-1-2-7-13(12)20-9-14(17)21-11-5-3-4-10(8-11)16(18)19/h1-8H,9H2. The minimum atomic E-state index is -0.685. The van der Waals surface area contributed by atoms with E-state index in [9.17, 15) is 14.9 Å². The summed E-state index contributed by atoms with van der Waals surface area (Å²) in [7, 11) is 0. The molecule has 0 atom stereocenters. The molecule has 2 aromatic carbocycles. The Kier molecular flexibility index (Phi) is 4.73. The lowest BCUT2D eigenvalue weighted by atomic mass is 10.3. The van der Waals surface area contributed by atoms with Crippen molar-refractivity contribution in [3.63, 3.8) is 0 Å². The zero-order chi connectivity index (χ0) is 15.2. The summed E-state index contributed by atoms with van der Waals surface area (Å²) in [6.07, 6.45) is 0. The van der Waals surface area contributed by atoms with Gasteiger partial charge in [0.15, 0.2) is 6.61 Å². The van der Waals surface area contributed by atoms with E-state index in [-0.39, 0.29) is 18.0 Å². The minimum Gasteiger partial charge on any atom is -0.480 e. The molecule has 108 valence electrons. The highest BCUT2D eigenvalue weighted by atomic mass is 35.5. The van der Waals surface area contributed by atoms with Gasteiger partial charge in [0.25, 0.3) is 5.69 Å². The minimum absolute atomic E-state index is 0.0805. The average molecular weight is 308 g/mol. The molecular formula is C14H10ClNO5. The normalized spacial score (nSPS) is 9.95. The second kappa shape index (κ2) is 6.71. The number of ether oxygens (including phenoxy) is 2. The highest BCUT2D eigenvalue weighted by Gasteiger charge is 2.11. The highest BCUT2D eigenvalue weighted by molar-refractivity contribution is 6.32. The van der Waals surface area contributed by atoms with E-state index in [1.807, 2.05) is 0 Å². The number of nitrogens with zero attached hydrogens (tertiary/aromatic N) is 1. The van der Waals surface area contributed by atoms with Crippen LogP contribution in [0, 0.1) is 10.1 Å². The molecule has 0 radical (unpaired) electrons. The summed E-state index contributed by atoms with van der Waals surface area (Å²) in [5.74, 6) is -0.248. The van der Waals surface area contributed by atoms with E-state index in [0.29, 0.717) is 10.8 Å². The van der Waals surface area contributed by atoms with Crippen LogP contribution in [0.25, 0.3) is 0 Å². The topological polar surface area (TPSA) is 78.7 Å². The van der Waals surface area contributed by atoms with Gasteiger partial charge in [-0.1, -0.05) is 29.8 Å². The molecule has 21 heavy (non-hydrogen) atoms. The first-order chi connectivity index (χ1) is 10.1. The van der Waals surface area contributed by atoms with Crippen molar-refractivity contribution in [3.8, 4) is 11.5 Å². The molecule has 2 aromatic rings. The smallest absolute Gasteiger partial charge is 0.349 e. The number of halogens is 1. The lowest BCUT2D eigenvalue weighted by Crippen LogP contribution is -2.17. The van der Waals surface area contributed by atoms with E-state index in [0.717, 1.165) is 6.07 Å². The first-order valence-corrected chi connectivity index (χ1v) is 6.26. The van der Waals surface area contributed by atoms with E-state index in [1.54, 1.807) is 24.3 Å². The Labute approximate surface area is 125 Å². The Hall–Kier alpha value is -2.60. The van der Waals surface area contributed by atoms with Crippen LogP contribution in [0.5, 0.6) is 11.5 Å². The Morgan fingerprint density at radius 2 is 1.95 bits per heavy atom. The number of hydrogen-bond acceptors (Lipinski definition) is 5. The molecule has 0 unspecified atom stereocenters. The zero-order valence-electron chi connectivity index (χ0n) is 10.7. The molecule has 0 saturated carbocycles. The predicted molar refractivity (Wildman–Crippen MR) is 75.7 cm³/mol. The number of nitro benzene ring substituents is 1. The average Bonchev–Trinajstić information content (AvgIpc) is 2.46. The quantitative estimate of drug-likeness (QED) is 0.367. The molecule has 7 heteroatoms. The molecule has 0 heterocycles. The van der Waals surface area contributed by atoms with Gasteiger partial charge in [-0.05, 0) is 18.2 Å². The number of benzene rings is 2. The Balaban J connectivity index is 1.95. The first kappa shape index (κ1) is 14.8. The maximum absolute atomic E-state index is 11.6. The largest absolute Gasteiger partial charge is 0.480 e. The molecule has 0 aliphatic rings. The third-order valence-electron chi connectivity index (χ3n) is 2.44. The summed E-state index contributed by atoms with van der Waals surface area (Å²) >= 11 is 5.87. The molecule has 0 amide bonds. The number of carbonyl (C=O) groups is 1. The van der Waals surface area contributed by atoms with Crippen molar-refractivity contribution in [2.24, 2.45) is 0 Å². The number of esters is 1. The summed E-state index contributed by atoms with van der Waals surface area (Å²) < 4.78 is 10.2. The van der Waals surface area contributed by atoms with Crippen LogP contribution in [-0.2, 0) is 4.79 Å². The fourth-order valence-corrected chi connectivity index (χ4v) is 1.71. The molecule has 0 bridgehead atoms.